The molecule has 19 heavy (non-hydrogen) atoms. The first-order valence-corrected chi connectivity index (χ1v) is 7.54. The molecule has 1 aromatic carbocycles. The number of rotatable bonds is 5. The minimum Gasteiger partial charge on any atom is -0.488 e. The van der Waals surface area contributed by atoms with Crippen molar-refractivity contribution in [3.8, 4) is 5.75 Å². The van der Waals surface area contributed by atoms with Gasteiger partial charge < -0.3 is 4.74 Å². The number of aromatic nitrogens is 1. The van der Waals surface area contributed by atoms with Gasteiger partial charge in [-0.2, -0.15) is 0 Å². The van der Waals surface area contributed by atoms with Gasteiger partial charge in [0.2, 0.25) is 0 Å². The van der Waals surface area contributed by atoms with Crippen LogP contribution < -0.4 is 4.74 Å². The molecule has 0 atom stereocenters. The normalized spacial score (nSPS) is 11.6. The lowest BCUT2D eigenvalue weighted by Gasteiger charge is -2.23. The average Bonchev–Trinajstić information content (AvgIpc) is 2.83. The number of hydrogen-bond acceptors (Lipinski definition) is 3. The summed E-state index contributed by atoms with van der Waals surface area (Å²) in [6.45, 7) is 7.23. The number of nitrogens with zero attached hydrogens (tertiary/aromatic N) is 1. The van der Waals surface area contributed by atoms with Crippen molar-refractivity contribution in [3.63, 3.8) is 0 Å². The fourth-order valence-electron chi connectivity index (χ4n) is 1.71. The van der Waals surface area contributed by atoms with E-state index in [0.717, 1.165) is 17.0 Å². The third-order valence-corrected chi connectivity index (χ3v) is 4.51. The number of hydrogen-bond donors (Lipinski definition) is 0. The van der Waals surface area contributed by atoms with Crippen LogP contribution in [0.2, 0.25) is 4.47 Å². The van der Waals surface area contributed by atoms with Crippen LogP contribution in [0.5, 0.6) is 5.75 Å². The zero-order chi connectivity index (χ0) is 13.9. The first kappa shape index (κ1) is 14.4. The molecule has 0 bridgehead atoms. The van der Waals surface area contributed by atoms with Crippen molar-refractivity contribution in [2.75, 3.05) is 0 Å². The first-order valence-electron chi connectivity index (χ1n) is 6.35. The summed E-state index contributed by atoms with van der Waals surface area (Å²) in [6, 6.07) is 8.32. The second-order valence-corrected chi connectivity index (χ2v) is 6.83. The van der Waals surface area contributed by atoms with Crippen LogP contribution in [-0.4, -0.2) is 4.98 Å². The predicted molar refractivity (Wildman–Crippen MR) is 81.2 cm³/mol. The fraction of sp³-hybridized carbons (Fsp3) is 0.400. The summed E-state index contributed by atoms with van der Waals surface area (Å²) in [5.74, 6) is 0.875. The SMILES string of the molecule is CCC(C)(C)c1ccc(OCc2cnc(Cl)s2)cc1. The molecule has 2 aromatic rings. The summed E-state index contributed by atoms with van der Waals surface area (Å²) in [6.07, 6.45) is 2.87. The monoisotopic (exact) mass is 295 g/mol. The maximum Gasteiger partial charge on any atom is 0.183 e. The van der Waals surface area contributed by atoms with Crippen molar-refractivity contribution in [1.29, 1.82) is 0 Å². The van der Waals surface area contributed by atoms with Gasteiger partial charge in [-0.1, -0.05) is 44.5 Å². The van der Waals surface area contributed by atoms with E-state index in [-0.39, 0.29) is 5.41 Å². The zero-order valence-electron chi connectivity index (χ0n) is 11.4. The van der Waals surface area contributed by atoms with Crippen LogP contribution in [0.4, 0.5) is 0 Å². The standard InChI is InChI=1S/C15H18ClNOS/c1-4-15(2,3)11-5-7-12(8-6-11)18-10-13-9-17-14(16)19-13/h5-9H,4,10H2,1-3H3. The molecule has 2 nitrogen and oxygen atoms in total. The first-order chi connectivity index (χ1) is 9.01. The summed E-state index contributed by atoms with van der Waals surface area (Å²) < 4.78 is 6.27. The summed E-state index contributed by atoms with van der Waals surface area (Å²) in [7, 11) is 0. The number of benzene rings is 1. The van der Waals surface area contributed by atoms with E-state index in [4.69, 9.17) is 16.3 Å². The van der Waals surface area contributed by atoms with Crippen molar-refractivity contribution < 1.29 is 4.74 Å². The lowest BCUT2D eigenvalue weighted by molar-refractivity contribution is 0.309. The van der Waals surface area contributed by atoms with E-state index in [9.17, 15) is 0 Å². The summed E-state index contributed by atoms with van der Waals surface area (Å²) in [5, 5.41) is 0. The second kappa shape index (κ2) is 5.93. The summed E-state index contributed by atoms with van der Waals surface area (Å²) >= 11 is 7.23. The van der Waals surface area contributed by atoms with E-state index in [1.165, 1.54) is 16.9 Å². The molecule has 0 saturated carbocycles. The highest BCUT2D eigenvalue weighted by atomic mass is 35.5. The van der Waals surface area contributed by atoms with Gasteiger partial charge in [-0.15, -0.1) is 11.3 Å². The molecule has 0 aliphatic heterocycles. The third kappa shape index (κ3) is 3.71. The number of ether oxygens (including phenoxy) is 1. The van der Waals surface area contributed by atoms with E-state index in [1.807, 2.05) is 12.1 Å². The average molecular weight is 296 g/mol. The Kier molecular flexibility index (Phi) is 4.48. The predicted octanol–water partition coefficient (Wildman–Crippen LogP) is 5.06. The van der Waals surface area contributed by atoms with Crippen LogP contribution in [0.25, 0.3) is 0 Å². The van der Waals surface area contributed by atoms with Gasteiger partial charge in [-0.05, 0) is 29.5 Å². The molecule has 0 N–H and O–H groups in total. The molecule has 0 radical (unpaired) electrons. The number of thiazole rings is 1. The summed E-state index contributed by atoms with van der Waals surface area (Å²) in [5.41, 5.74) is 1.55. The Labute approximate surface area is 123 Å². The Balaban J connectivity index is 1.99. The van der Waals surface area contributed by atoms with E-state index < -0.39 is 0 Å². The maximum absolute atomic E-state index is 5.78. The topological polar surface area (TPSA) is 22.1 Å². The van der Waals surface area contributed by atoms with Crippen LogP contribution in [0, 0.1) is 0 Å². The quantitative estimate of drug-likeness (QED) is 0.769. The minimum atomic E-state index is 0.212. The van der Waals surface area contributed by atoms with Crippen LogP contribution in [0.15, 0.2) is 30.5 Å². The lowest BCUT2D eigenvalue weighted by Crippen LogP contribution is -2.14. The fourth-order valence-corrected chi connectivity index (χ4v) is 2.60. The van der Waals surface area contributed by atoms with Crippen molar-refractivity contribution in [2.24, 2.45) is 0 Å². The van der Waals surface area contributed by atoms with E-state index in [1.54, 1.807) is 6.20 Å². The molecule has 0 saturated heterocycles. The van der Waals surface area contributed by atoms with Gasteiger partial charge in [0, 0.05) is 6.20 Å². The molecular weight excluding hydrogens is 278 g/mol. The highest BCUT2D eigenvalue weighted by Crippen LogP contribution is 2.28. The Bertz CT molecular complexity index is 533. The highest BCUT2D eigenvalue weighted by Gasteiger charge is 2.17. The Morgan fingerprint density at radius 2 is 1.95 bits per heavy atom. The molecule has 0 fully saturated rings. The number of halogens is 1. The highest BCUT2D eigenvalue weighted by molar-refractivity contribution is 7.15. The van der Waals surface area contributed by atoms with Gasteiger partial charge in [0.1, 0.15) is 12.4 Å². The van der Waals surface area contributed by atoms with E-state index >= 15 is 0 Å². The van der Waals surface area contributed by atoms with Gasteiger partial charge in [0.05, 0.1) is 4.88 Å². The molecule has 0 unspecified atom stereocenters. The van der Waals surface area contributed by atoms with Crippen molar-refractivity contribution >= 4 is 22.9 Å². The van der Waals surface area contributed by atoms with Crippen LogP contribution in [0.1, 0.15) is 37.6 Å². The smallest absolute Gasteiger partial charge is 0.183 e. The Hall–Kier alpha value is -1.06. The molecule has 102 valence electrons. The van der Waals surface area contributed by atoms with Gasteiger partial charge in [0.25, 0.3) is 0 Å². The molecule has 0 amide bonds. The van der Waals surface area contributed by atoms with Crippen molar-refractivity contribution in [2.45, 2.75) is 39.2 Å². The molecule has 1 heterocycles. The van der Waals surface area contributed by atoms with Crippen LogP contribution in [0.3, 0.4) is 0 Å². The molecule has 1 aromatic heterocycles. The van der Waals surface area contributed by atoms with Crippen molar-refractivity contribution in [1.82, 2.24) is 4.98 Å². The molecular formula is C15H18ClNOS. The van der Waals surface area contributed by atoms with E-state index in [0.29, 0.717) is 11.1 Å². The molecule has 0 aliphatic carbocycles. The molecule has 0 spiro atoms. The van der Waals surface area contributed by atoms with Gasteiger partial charge in [-0.25, -0.2) is 4.98 Å². The van der Waals surface area contributed by atoms with Gasteiger partial charge in [0.15, 0.2) is 4.47 Å². The van der Waals surface area contributed by atoms with Crippen molar-refractivity contribution in [3.05, 3.63) is 45.4 Å². The minimum absolute atomic E-state index is 0.212. The Morgan fingerprint density at radius 1 is 1.26 bits per heavy atom. The van der Waals surface area contributed by atoms with E-state index in [2.05, 4.69) is 37.9 Å². The second-order valence-electron chi connectivity index (χ2n) is 5.13. The zero-order valence-corrected chi connectivity index (χ0v) is 13.0. The van der Waals surface area contributed by atoms with Gasteiger partial charge in [-0.3, -0.25) is 0 Å². The third-order valence-electron chi connectivity index (χ3n) is 3.43. The lowest BCUT2D eigenvalue weighted by atomic mass is 9.82. The molecule has 0 aliphatic rings. The molecule has 4 heteroatoms. The van der Waals surface area contributed by atoms with Crippen LogP contribution >= 0.6 is 22.9 Å². The van der Waals surface area contributed by atoms with Crippen LogP contribution in [-0.2, 0) is 12.0 Å². The molecule has 2 rings (SSSR count). The Morgan fingerprint density at radius 3 is 2.47 bits per heavy atom. The summed E-state index contributed by atoms with van der Waals surface area (Å²) in [4.78, 5) is 5.02. The largest absolute Gasteiger partial charge is 0.488 e. The maximum atomic E-state index is 5.78. The van der Waals surface area contributed by atoms with Gasteiger partial charge >= 0.3 is 0 Å².